The number of nitrogens with zero attached hydrogens (tertiary/aromatic N) is 3. The molecule has 0 aliphatic carbocycles. The minimum absolute atomic E-state index is 0.0542. The van der Waals surface area contributed by atoms with E-state index in [0.717, 1.165) is 12.0 Å². The van der Waals surface area contributed by atoms with Crippen LogP contribution in [0.5, 0.6) is 0 Å². The molecule has 166 valence electrons. The smallest absolute Gasteiger partial charge is 0.358 e. The van der Waals surface area contributed by atoms with Crippen LogP contribution in [0, 0.1) is 12.8 Å². The molecule has 1 aliphatic rings. The molecule has 31 heavy (non-hydrogen) atoms. The highest BCUT2D eigenvalue weighted by Crippen LogP contribution is 2.33. The first-order valence-electron chi connectivity index (χ1n) is 10.6. The van der Waals surface area contributed by atoms with Crippen molar-refractivity contribution >= 4 is 23.5 Å². The van der Waals surface area contributed by atoms with E-state index >= 15 is 0 Å². The van der Waals surface area contributed by atoms with Gasteiger partial charge in [0.15, 0.2) is 5.69 Å². The number of nitrogens with one attached hydrogen (secondary N) is 1. The molecule has 1 unspecified atom stereocenters. The first kappa shape index (κ1) is 22.5. The van der Waals surface area contributed by atoms with Crippen molar-refractivity contribution in [2.75, 3.05) is 18.1 Å². The van der Waals surface area contributed by atoms with Crippen molar-refractivity contribution < 1.29 is 19.1 Å². The fourth-order valence-electron chi connectivity index (χ4n) is 3.65. The van der Waals surface area contributed by atoms with Gasteiger partial charge in [-0.05, 0) is 45.2 Å². The van der Waals surface area contributed by atoms with Crippen LogP contribution in [0.3, 0.4) is 0 Å². The summed E-state index contributed by atoms with van der Waals surface area (Å²) in [4.78, 5) is 40.5. The minimum atomic E-state index is -1.21. The maximum Gasteiger partial charge on any atom is 0.358 e. The quantitative estimate of drug-likeness (QED) is 0.687. The van der Waals surface area contributed by atoms with Gasteiger partial charge < -0.3 is 10.1 Å². The van der Waals surface area contributed by atoms with E-state index in [1.54, 1.807) is 13.8 Å². The van der Waals surface area contributed by atoms with Crippen molar-refractivity contribution in [1.82, 2.24) is 15.1 Å². The zero-order valence-corrected chi connectivity index (χ0v) is 18.8. The number of rotatable bonds is 7. The summed E-state index contributed by atoms with van der Waals surface area (Å²) in [6.45, 7) is 10.4. The number of aromatic nitrogens is 2. The number of carbonyl (C=O) groups excluding carboxylic acids is 3. The summed E-state index contributed by atoms with van der Waals surface area (Å²) in [6.07, 6.45) is 0.834. The third-order valence-electron chi connectivity index (χ3n) is 5.43. The largest absolute Gasteiger partial charge is 0.461 e. The number of hydrogen-bond acceptors (Lipinski definition) is 5. The lowest BCUT2D eigenvalue weighted by Gasteiger charge is -2.43. The second kappa shape index (κ2) is 8.91. The second-order valence-corrected chi connectivity index (χ2v) is 8.48. The van der Waals surface area contributed by atoms with Gasteiger partial charge >= 0.3 is 5.97 Å². The molecule has 2 heterocycles. The van der Waals surface area contributed by atoms with Crippen LogP contribution in [0.25, 0.3) is 0 Å². The second-order valence-electron chi connectivity index (χ2n) is 8.48. The van der Waals surface area contributed by atoms with Gasteiger partial charge in [-0.1, -0.05) is 31.5 Å². The van der Waals surface area contributed by atoms with Crippen LogP contribution >= 0.6 is 0 Å². The third-order valence-corrected chi connectivity index (χ3v) is 5.43. The number of esters is 1. The van der Waals surface area contributed by atoms with Crippen LogP contribution in [-0.2, 0) is 16.1 Å². The maximum atomic E-state index is 13.5. The molecule has 0 fully saturated rings. The number of aryl methyl sites for hydroxylation is 1. The predicted molar refractivity (Wildman–Crippen MR) is 117 cm³/mol. The van der Waals surface area contributed by atoms with Crippen molar-refractivity contribution in [1.29, 1.82) is 0 Å². The van der Waals surface area contributed by atoms with Crippen molar-refractivity contribution in [3.63, 3.8) is 0 Å². The molecule has 2 amide bonds. The molecule has 0 spiro atoms. The Labute approximate surface area is 182 Å². The van der Waals surface area contributed by atoms with E-state index in [9.17, 15) is 14.4 Å². The summed E-state index contributed by atoms with van der Waals surface area (Å²) in [6, 6.07) is 8.87. The van der Waals surface area contributed by atoms with E-state index < -0.39 is 11.5 Å². The summed E-state index contributed by atoms with van der Waals surface area (Å²) in [7, 11) is 0. The van der Waals surface area contributed by atoms with Gasteiger partial charge in [0, 0.05) is 18.3 Å². The fourth-order valence-corrected chi connectivity index (χ4v) is 3.65. The molecule has 1 atom stereocenters. The Hall–Kier alpha value is -3.16. The first-order chi connectivity index (χ1) is 14.7. The normalized spacial score (nSPS) is 18.1. The molecule has 2 aromatic rings. The lowest BCUT2D eigenvalue weighted by atomic mass is 9.93. The Balaban J connectivity index is 2.02. The van der Waals surface area contributed by atoms with E-state index in [1.165, 1.54) is 15.6 Å². The number of hydrogen-bond donors (Lipinski definition) is 1. The van der Waals surface area contributed by atoms with Crippen LogP contribution in [0.1, 0.15) is 60.7 Å². The summed E-state index contributed by atoms with van der Waals surface area (Å²) < 4.78 is 6.45. The van der Waals surface area contributed by atoms with Gasteiger partial charge in [-0.2, -0.15) is 5.10 Å². The van der Waals surface area contributed by atoms with Gasteiger partial charge in [0.05, 0.1) is 13.2 Å². The minimum Gasteiger partial charge on any atom is -0.461 e. The van der Waals surface area contributed by atoms with E-state index in [-0.39, 0.29) is 36.4 Å². The zero-order valence-electron chi connectivity index (χ0n) is 18.8. The summed E-state index contributed by atoms with van der Waals surface area (Å²) in [5, 5.41) is 7.23. The SMILES string of the molecule is CCOC(=O)c1cc2n(n1)CC(C)(C(=O)NCCC(C)C)N(c1ccc(C)cc1)C2=O. The topological polar surface area (TPSA) is 93.5 Å². The third kappa shape index (κ3) is 4.47. The molecule has 0 saturated carbocycles. The van der Waals surface area contributed by atoms with Crippen LogP contribution in [0.2, 0.25) is 0 Å². The van der Waals surface area contributed by atoms with E-state index in [2.05, 4.69) is 24.3 Å². The Bertz CT molecular complexity index is 980. The monoisotopic (exact) mass is 426 g/mol. The Morgan fingerprint density at radius 2 is 1.94 bits per heavy atom. The lowest BCUT2D eigenvalue weighted by molar-refractivity contribution is -0.126. The van der Waals surface area contributed by atoms with Crippen LogP contribution in [-0.4, -0.2) is 46.3 Å². The van der Waals surface area contributed by atoms with Gasteiger partial charge in [0.1, 0.15) is 11.2 Å². The van der Waals surface area contributed by atoms with Crippen molar-refractivity contribution in [3.05, 3.63) is 47.3 Å². The summed E-state index contributed by atoms with van der Waals surface area (Å²) in [5.74, 6) is -0.804. The molecule has 0 bridgehead atoms. The van der Waals surface area contributed by atoms with Gasteiger partial charge in [-0.15, -0.1) is 0 Å². The van der Waals surface area contributed by atoms with Crippen LogP contribution in [0.15, 0.2) is 30.3 Å². The Morgan fingerprint density at radius 3 is 2.55 bits per heavy atom. The summed E-state index contributed by atoms with van der Waals surface area (Å²) in [5.41, 5.74) is 0.747. The molecular formula is C23H30N4O4. The number of carbonyl (C=O) groups is 3. The molecule has 1 aromatic carbocycles. The first-order valence-corrected chi connectivity index (χ1v) is 10.6. The maximum absolute atomic E-state index is 13.5. The number of ether oxygens (including phenoxy) is 1. The summed E-state index contributed by atoms with van der Waals surface area (Å²) >= 11 is 0. The highest BCUT2D eigenvalue weighted by atomic mass is 16.5. The Kier molecular flexibility index (Phi) is 6.48. The van der Waals surface area contributed by atoms with Crippen molar-refractivity contribution in [2.45, 2.75) is 53.1 Å². The molecule has 0 radical (unpaired) electrons. The standard InChI is InChI=1S/C23H30N4O4/c1-6-31-21(29)18-13-19-20(28)27(17-9-7-16(4)8-10-17)23(5,14-26(19)25-18)22(30)24-12-11-15(2)3/h7-10,13,15H,6,11-12,14H2,1-5H3,(H,24,30). The Morgan fingerprint density at radius 1 is 1.26 bits per heavy atom. The molecule has 8 heteroatoms. The van der Waals surface area contributed by atoms with Gasteiger partial charge in [-0.3, -0.25) is 19.2 Å². The number of amides is 2. The van der Waals surface area contributed by atoms with Crippen LogP contribution in [0.4, 0.5) is 5.69 Å². The van der Waals surface area contributed by atoms with E-state index in [0.29, 0.717) is 18.2 Å². The molecule has 1 N–H and O–H groups in total. The number of benzene rings is 1. The molecule has 1 aromatic heterocycles. The van der Waals surface area contributed by atoms with Crippen molar-refractivity contribution in [3.8, 4) is 0 Å². The number of anilines is 1. The van der Waals surface area contributed by atoms with Gasteiger partial charge in [0.2, 0.25) is 5.91 Å². The average molecular weight is 427 g/mol. The zero-order chi connectivity index (χ0) is 22.8. The van der Waals surface area contributed by atoms with Crippen LogP contribution < -0.4 is 10.2 Å². The molecule has 1 aliphatic heterocycles. The molecular weight excluding hydrogens is 396 g/mol. The average Bonchev–Trinajstić information content (AvgIpc) is 3.13. The predicted octanol–water partition coefficient (Wildman–Crippen LogP) is 2.95. The van der Waals surface area contributed by atoms with Gasteiger partial charge in [0.25, 0.3) is 5.91 Å². The molecule has 8 nitrogen and oxygen atoms in total. The van der Waals surface area contributed by atoms with E-state index in [1.807, 2.05) is 31.2 Å². The number of fused-ring (bicyclic) bond motifs is 1. The molecule has 0 saturated heterocycles. The lowest BCUT2D eigenvalue weighted by Crippen LogP contribution is -2.64. The highest BCUT2D eigenvalue weighted by molar-refractivity contribution is 6.12. The van der Waals surface area contributed by atoms with E-state index in [4.69, 9.17) is 4.74 Å². The van der Waals surface area contributed by atoms with Crippen molar-refractivity contribution in [2.24, 2.45) is 5.92 Å². The van der Waals surface area contributed by atoms with Gasteiger partial charge in [-0.25, -0.2) is 4.79 Å². The highest BCUT2D eigenvalue weighted by Gasteiger charge is 2.49. The molecule has 3 rings (SSSR count). The fraction of sp³-hybridized carbons (Fsp3) is 0.478.